The Hall–Kier alpha value is -3.15. The molecule has 0 bridgehead atoms. The second-order valence-electron chi connectivity index (χ2n) is 7.68. The summed E-state index contributed by atoms with van der Waals surface area (Å²) in [5, 5.41) is 5.81. The van der Waals surface area contributed by atoms with Crippen LogP contribution in [0.25, 0.3) is 10.8 Å². The number of aryl methyl sites for hydroxylation is 2. The summed E-state index contributed by atoms with van der Waals surface area (Å²) in [6.45, 7) is 8.97. The average Bonchev–Trinajstić information content (AvgIpc) is 2.74. The van der Waals surface area contributed by atoms with Gasteiger partial charge in [0, 0.05) is 37.3 Å². The van der Waals surface area contributed by atoms with Crippen molar-refractivity contribution < 1.29 is 4.79 Å². The van der Waals surface area contributed by atoms with Gasteiger partial charge in [-0.15, -0.1) is 0 Å². The molecule has 1 amide bonds. The van der Waals surface area contributed by atoms with Gasteiger partial charge in [0.15, 0.2) is 0 Å². The Morgan fingerprint density at radius 2 is 1.62 bits per heavy atom. The number of piperazine rings is 1. The van der Waals surface area contributed by atoms with Gasteiger partial charge in [-0.3, -0.25) is 9.59 Å². The van der Waals surface area contributed by atoms with Crippen LogP contribution in [0.5, 0.6) is 0 Å². The molecule has 1 aromatic heterocycles. The Labute approximate surface area is 170 Å². The number of benzene rings is 2. The van der Waals surface area contributed by atoms with Crippen LogP contribution in [0.4, 0.5) is 5.69 Å². The van der Waals surface area contributed by atoms with Gasteiger partial charge in [-0.1, -0.05) is 30.3 Å². The van der Waals surface area contributed by atoms with E-state index in [0.29, 0.717) is 18.5 Å². The first-order chi connectivity index (χ1) is 14.0. The SMILES string of the molecule is Cc1cccc(N2CCN(C(=O)Cn3nc(C)c4ccccc4c3=O)CC2)c1C. The first-order valence-electron chi connectivity index (χ1n) is 10.0. The molecule has 0 radical (unpaired) electrons. The molecule has 0 saturated carbocycles. The number of hydrogen-bond donors (Lipinski definition) is 0. The number of nitrogens with zero attached hydrogens (tertiary/aromatic N) is 4. The molecule has 0 aliphatic carbocycles. The molecule has 2 aromatic carbocycles. The van der Waals surface area contributed by atoms with Gasteiger partial charge in [-0.05, 0) is 44.0 Å². The molecule has 3 aromatic rings. The van der Waals surface area contributed by atoms with E-state index in [4.69, 9.17) is 0 Å². The van der Waals surface area contributed by atoms with E-state index in [1.54, 1.807) is 6.07 Å². The Morgan fingerprint density at radius 1 is 0.931 bits per heavy atom. The van der Waals surface area contributed by atoms with E-state index in [2.05, 4.69) is 42.0 Å². The summed E-state index contributed by atoms with van der Waals surface area (Å²) < 4.78 is 1.30. The number of amides is 1. The molecule has 1 fully saturated rings. The third-order valence-electron chi connectivity index (χ3n) is 5.89. The molecule has 6 nitrogen and oxygen atoms in total. The van der Waals surface area contributed by atoms with Crippen molar-refractivity contribution >= 4 is 22.4 Å². The first-order valence-corrected chi connectivity index (χ1v) is 10.0. The molecular weight excluding hydrogens is 364 g/mol. The zero-order chi connectivity index (χ0) is 20.5. The maximum absolute atomic E-state index is 12.8. The molecule has 2 heterocycles. The van der Waals surface area contributed by atoms with Crippen molar-refractivity contribution in [2.75, 3.05) is 31.1 Å². The van der Waals surface area contributed by atoms with E-state index in [1.165, 1.54) is 21.5 Å². The molecule has 29 heavy (non-hydrogen) atoms. The number of carbonyl (C=O) groups is 1. The topological polar surface area (TPSA) is 58.4 Å². The van der Waals surface area contributed by atoms with Crippen molar-refractivity contribution in [1.29, 1.82) is 0 Å². The van der Waals surface area contributed by atoms with Gasteiger partial charge in [0.1, 0.15) is 6.54 Å². The fraction of sp³-hybridized carbons (Fsp3) is 0.348. The largest absolute Gasteiger partial charge is 0.368 e. The highest BCUT2D eigenvalue weighted by molar-refractivity contribution is 5.83. The molecule has 4 rings (SSSR count). The Morgan fingerprint density at radius 3 is 2.34 bits per heavy atom. The van der Waals surface area contributed by atoms with E-state index in [-0.39, 0.29) is 18.0 Å². The number of anilines is 1. The molecule has 6 heteroatoms. The Bertz CT molecular complexity index is 1130. The van der Waals surface area contributed by atoms with Crippen LogP contribution in [0.15, 0.2) is 47.3 Å². The van der Waals surface area contributed by atoms with E-state index < -0.39 is 0 Å². The number of fused-ring (bicyclic) bond motifs is 1. The van der Waals surface area contributed by atoms with Crippen molar-refractivity contribution in [2.24, 2.45) is 0 Å². The minimum Gasteiger partial charge on any atom is -0.368 e. The maximum atomic E-state index is 12.8. The van der Waals surface area contributed by atoms with E-state index >= 15 is 0 Å². The zero-order valence-electron chi connectivity index (χ0n) is 17.2. The third-order valence-corrected chi connectivity index (χ3v) is 5.89. The van der Waals surface area contributed by atoms with Crippen molar-refractivity contribution in [3.63, 3.8) is 0 Å². The monoisotopic (exact) mass is 390 g/mol. The summed E-state index contributed by atoms with van der Waals surface area (Å²) in [7, 11) is 0. The highest BCUT2D eigenvalue weighted by Crippen LogP contribution is 2.24. The van der Waals surface area contributed by atoms with Gasteiger partial charge in [0.25, 0.3) is 5.56 Å². The second-order valence-corrected chi connectivity index (χ2v) is 7.68. The van der Waals surface area contributed by atoms with Crippen molar-refractivity contribution in [1.82, 2.24) is 14.7 Å². The standard InChI is InChI=1S/C23H26N4O2/c1-16-7-6-10-21(17(16)2)25-11-13-26(14-12-25)22(28)15-27-23(29)20-9-5-4-8-19(20)18(3)24-27/h4-10H,11-15H2,1-3H3. The minimum atomic E-state index is -0.214. The highest BCUT2D eigenvalue weighted by Gasteiger charge is 2.23. The lowest BCUT2D eigenvalue weighted by Crippen LogP contribution is -2.50. The highest BCUT2D eigenvalue weighted by atomic mass is 16.2. The van der Waals surface area contributed by atoms with Crippen LogP contribution in [-0.4, -0.2) is 46.8 Å². The summed E-state index contributed by atoms with van der Waals surface area (Å²) in [6, 6.07) is 13.7. The quantitative estimate of drug-likeness (QED) is 0.690. The van der Waals surface area contributed by atoms with E-state index in [1.807, 2.05) is 30.0 Å². The number of rotatable bonds is 3. The number of carbonyl (C=O) groups excluding carboxylic acids is 1. The van der Waals surface area contributed by atoms with Gasteiger partial charge in [0.2, 0.25) is 5.91 Å². The predicted octanol–water partition coefficient (Wildman–Crippen LogP) is 2.67. The van der Waals surface area contributed by atoms with Crippen LogP contribution in [0, 0.1) is 20.8 Å². The maximum Gasteiger partial charge on any atom is 0.275 e. The van der Waals surface area contributed by atoms with Gasteiger partial charge in [-0.25, -0.2) is 4.68 Å². The number of hydrogen-bond acceptors (Lipinski definition) is 4. The molecular formula is C23H26N4O2. The lowest BCUT2D eigenvalue weighted by atomic mass is 10.1. The summed E-state index contributed by atoms with van der Waals surface area (Å²) in [5.41, 5.74) is 4.34. The Kier molecular flexibility index (Phi) is 5.09. The summed E-state index contributed by atoms with van der Waals surface area (Å²) >= 11 is 0. The molecule has 0 N–H and O–H groups in total. The fourth-order valence-electron chi connectivity index (χ4n) is 4.01. The van der Waals surface area contributed by atoms with Gasteiger partial charge in [-0.2, -0.15) is 5.10 Å². The molecule has 150 valence electrons. The lowest BCUT2D eigenvalue weighted by molar-refractivity contribution is -0.132. The normalized spacial score (nSPS) is 14.4. The smallest absolute Gasteiger partial charge is 0.275 e. The zero-order valence-corrected chi connectivity index (χ0v) is 17.2. The van der Waals surface area contributed by atoms with Crippen molar-refractivity contribution in [3.8, 4) is 0 Å². The van der Waals surface area contributed by atoms with Gasteiger partial charge in [0.05, 0.1) is 11.1 Å². The van der Waals surface area contributed by atoms with Crippen LogP contribution < -0.4 is 10.5 Å². The molecule has 0 atom stereocenters. The van der Waals surface area contributed by atoms with Gasteiger partial charge >= 0.3 is 0 Å². The molecule has 1 saturated heterocycles. The van der Waals surface area contributed by atoms with Crippen molar-refractivity contribution in [2.45, 2.75) is 27.3 Å². The van der Waals surface area contributed by atoms with Crippen molar-refractivity contribution in [3.05, 3.63) is 69.6 Å². The van der Waals surface area contributed by atoms with Crippen LogP contribution in [0.3, 0.4) is 0 Å². The Balaban J connectivity index is 1.47. The molecule has 0 spiro atoms. The van der Waals surface area contributed by atoms with Crippen LogP contribution in [-0.2, 0) is 11.3 Å². The third kappa shape index (κ3) is 3.62. The van der Waals surface area contributed by atoms with E-state index in [0.717, 1.165) is 24.2 Å². The lowest BCUT2D eigenvalue weighted by Gasteiger charge is -2.37. The van der Waals surface area contributed by atoms with Crippen LogP contribution in [0.2, 0.25) is 0 Å². The summed E-state index contributed by atoms with van der Waals surface area (Å²) in [6.07, 6.45) is 0. The minimum absolute atomic E-state index is 0.0199. The molecule has 0 unspecified atom stereocenters. The first kappa shape index (κ1) is 19.2. The van der Waals surface area contributed by atoms with E-state index in [9.17, 15) is 9.59 Å². The van der Waals surface area contributed by atoms with Gasteiger partial charge < -0.3 is 9.80 Å². The fourth-order valence-corrected chi connectivity index (χ4v) is 4.01. The summed E-state index contributed by atoms with van der Waals surface area (Å²) in [4.78, 5) is 29.7. The number of aromatic nitrogens is 2. The predicted molar refractivity (Wildman–Crippen MR) is 115 cm³/mol. The van der Waals surface area contributed by atoms with Crippen LogP contribution >= 0.6 is 0 Å². The molecule has 1 aliphatic heterocycles. The van der Waals surface area contributed by atoms with Crippen LogP contribution in [0.1, 0.15) is 16.8 Å². The summed E-state index contributed by atoms with van der Waals surface area (Å²) in [5.74, 6) is -0.0603. The average molecular weight is 390 g/mol. The molecule has 1 aliphatic rings. The second kappa shape index (κ2) is 7.70.